The number of nitrogens with two attached hydrogens (primary N) is 1. The van der Waals surface area contributed by atoms with Gasteiger partial charge in [-0.1, -0.05) is 12.5 Å². The number of nitrogens with one attached hydrogen (secondary N) is 1. The summed E-state index contributed by atoms with van der Waals surface area (Å²) in [6, 6.07) is 4.50. The van der Waals surface area contributed by atoms with Gasteiger partial charge in [-0.05, 0) is 57.7 Å². The van der Waals surface area contributed by atoms with Crippen molar-refractivity contribution in [3.8, 4) is 0 Å². The normalized spacial score (nSPS) is 23.6. The van der Waals surface area contributed by atoms with E-state index in [1.54, 1.807) is 6.07 Å². The molecular formula is C16H25N3O. The predicted octanol–water partition coefficient (Wildman–Crippen LogP) is 2.79. The number of nitrogens with zero attached hydrogens (tertiary/aromatic N) is 1. The third-order valence-electron chi connectivity index (χ3n) is 4.28. The Balaban J connectivity index is 2.17. The van der Waals surface area contributed by atoms with Crippen LogP contribution in [0.3, 0.4) is 0 Å². The van der Waals surface area contributed by atoms with Gasteiger partial charge < -0.3 is 5.73 Å². The van der Waals surface area contributed by atoms with Gasteiger partial charge >= 0.3 is 0 Å². The molecule has 4 heteroatoms. The van der Waals surface area contributed by atoms with Crippen molar-refractivity contribution in [1.29, 1.82) is 0 Å². The first kappa shape index (κ1) is 14.9. The second-order valence-corrected chi connectivity index (χ2v) is 6.00. The van der Waals surface area contributed by atoms with Gasteiger partial charge in [-0.3, -0.25) is 10.2 Å². The second-order valence-electron chi connectivity index (χ2n) is 6.00. The quantitative estimate of drug-likeness (QED) is 0.816. The Morgan fingerprint density at radius 2 is 1.80 bits per heavy atom. The van der Waals surface area contributed by atoms with Crippen molar-refractivity contribution in [2.45, 2.75) is 59.0 Å². The maximum absolute atomic E-state index is 12.5. The molecule has 4 nitrogen and oxygen atoms in total. The van der Waals surface area contributed by atoms with Crippen molar-refractivity contribution < 1.29 is 4.79 Å². The van der Waals surface area contributed by atoms with Crippen molar-refractivity contribution in [3.63, 3.8) is 0 Å². The van der Waals surface area contributed by atoms with Gasteiger partial charge in [0.25, 0.3) is 5.91 Å². The summed E-state index contributed by atoms with van der Waals surface area (Å²) in [6.45, 7) is 8.22. The topological polar surface area (TPSA) is 58.4 Å². The monoisotopic (exact) mass is 275 g/mol. The zero-order chi connectivity index (χ0) is 14.9. The summed E-state index contributed by atoms with van der Waals surface area (Å²) in [5, 5.41) is 2.08. The van der Waals surface area contributed by atoms with Crippen LogP contribution in [0.2, 0.25) is 0 Å². The zero-order valence-electron chi connectivity index (χ0n) is 12.9. The third-order valence-corrected chi connectivity index (χ3v) is 4.28. The molecule has 0 saturated carbocycles. The maximum atomic E-state index is 12.5. The molecule has 20 heavy (non-hydrogen) atoms. The van der Waals surface area contributed by atoms with Gasteiger partial charge in [0.2, 0.25) is 0 Å². The lowest BCUT2D eigenvalue weighted by atomic mass is 9.99. The number of rotatable bonds is 2. The van der Waals surface area contributed by atoms with Crippen LogP contribution in [0.15, 0.2) is 12.1 Å². The molecule has 1 saturated heterocycles. The highest BCUT2D eigenvalue weighted by molar-refractivity contribution is 5.96. The Labute approximate surface area is 121 Å². The molecule has 1 amide bonds. The first-order chi connectivity index (χ1) is 9.40. The van der Waals surface area contributed by atoms with Gasteiger partial charge in [0.1, 0.15) is 0 Å². The lowest BCUT2D eigenvalue weighted by molar-refractivity contribution is 0.0369. The predicted molar refractivity (Wildman–Crippen MR) is 82.4 cm³/mol. The Hall–Kier alpha value is -1.55. The zero-order valence-corrected chi connectivity index (χ0v) is 12.9. The first-order valence-corrected chi connectivity index (χ1v) is 7.36. The van der Waals surface area contributed by atoms with E-state index in [0.717, 1.165) is 24.0 Å². The molecule has 0 aliphatic carbocycles. The SMILES string of the molecule is Cc1cc(C)c(C(=O)NN2C(C)CCCC2C)cc1N. The molecule has 1 heterocycles. The number of hydrogen-bond acceptors (Lipinski definition) is 3. The minimum absolute atomic E-state index is 0.0604. The fraction of sp³-hybridized carbons (Fsp3) is 0.562. The number of benzene rings is 1. The summed E-state index contributed by atoms with van der Waals surface area (Å²) >= 11 is 0. The van der Waals surface area contributed by atoms with Crippen molar-refractivity contribution in [2.24, 2.45) is 0 Å². The molecular weight excluding hydrogens is 250 g/mol. The third kappa shape index (κ3) is 2.96. The van der Waals surface area contributed by atoms with Gasteiger partial charge in [-0.25, -0.2) is 5.01 Å². The van der Waals surface area contributed by atoms with E-state index in [2.05, 4.69) is 24.3 Å². The number of hydrazine groups is 1. The summed E-state index contributed by atoms with van der Waals surface area (Å²) < 4.78 is 0. The number of nitrogen functional groups attached to an aromatic ring is 1. The van der Waals surface area contributed by atoms with Crippen LogP contribution in [0, 0.1) is 13.8 Å². The Morgan fingerprint density at radius 3 is 2.40 bits per heavy atom. The average molecular weight is 275 g/mol. The summed E-state index contributed by atoms with van der Waals surface area (Å²) in [6.07, 6.45) is 3.48. The Bertz CT molecular complexity index is 503. The van der Waals surface area contributed by atoms with Crippen LogP contribution in [-0.4, -0.2) is 23.0 Å². The minimum atomic E-state index is -0.0604. The van der Waals surface area contributed by atoms with Crippen LogP contribution in [0.25, 0.3) is 0 Å². The molecule has 1 aromatic carbocycles. The van der Waals surface area contributed by atoms with Gasteiger partial charge in [0, 0.05) is 23.3 Å². The molecule has 0 spiro atoms. The fourth-order valence-corrected chi connectivity index (χ4v) is 2.93. The maximum Gasteiger partial charge on any atom is 0.265 e. The van der Waals surface area contributed by atoms with E-state index in [9.17, 15) is 4.79 Å². The number of piperidine rings is 1. The van der Waals surface area contributed by atoms with Crippen LogP contribution in [0.1, 0.15) is 54.6 Å². The first-order valence-electron chi connectivity index (χ1n) is 7.36. The Kier molecular flexibility index (Phi) is 4.33. The highest BCUT2D eigenvalue weighted by Gasteiger charge is 2.26. The number of aryl methyl sites for hydroxylation is 2. The molecule has 1 aliphatic heterocycles. The summed E-state index contributed by atoms with van der Waals surface area (Å²) in [5.41, 5.74) is 12.3. The molecule has 110 valence electrons. The minimum Gasteiger partial charge on any atom is -0.398 e. The van der Waals surface area contributed by atoms with E-state index < -0.39 is 0 Å². The molecule has 0 aromatic heterocycles. The van der Waals surface area contributed by atoms with Crippen molar-refractivity contribution >= 4 is 11.6 Å². The van der Waals surface area contributed by atoms with E-state index in [4.69, 9.17) is 5.73 Å². The highest BCUT2D eigenvalue weighted by Crippen LogP contribution is 2.22. The van der Waals surface area contributed by atoms with Crippen molar-refractivity contribution in [2.75, 3.05) is 5.73 Å². The molecule has 2 unspecified atom stereocenters. The number of hydrogen-bond donors (Lipinski definition) is 2. The molecule has 0 radical (unpaired) electrons. The van der Waals surface area contributed by atoms with Crippen LogP contribution >= 0.6 is 0 Å². The van der Waals surface area contributed by atoms with Crippen LogP contribution in [-0.2, 0) is 0 Å². The van der Waals surface area contributed by atoms with Gasteiger partial charge in [0.05, 0.1) is 0 Å². The summed E-state index contributed by atoms with van der Waals surface area (Å²) in [7, 11) is 0. The van der Waals surface area contributed by atoms with Crippen LogP contribution < -0.4 is 11.2 Å². The van der Waals surface area contributed by atoms with E-state index in [-0.39, 0.29) is 5.91 Å². The van der Waals surface area contributed by atoms with Gasteiger partial charge in [-0.15, -0.1) is 0 Å². The molecule has 2 atom stereocenters. The van der Waals surface area contributed by atoms with Gasteiger partial charge in [0.15, 0.2) is 0 Å². The van der Waals surface area contributed by atoms with Gasteiger partial charge in [-0.2, -0.15) is 0 Å². The summed E-state index contributed by atoms with van der Waals surface area (Å²) in [5.74, 6) is -0.0604. The van der Waals surface area contributed by atoms with Crippen molar-refractivity contribution in [1.82, 2.24) is 10.4 Å². The highest BCUT2D eigenvalue weighted by atomic mass is 16.2. The molecule has 1 fully saturated rings. The molecule has 1 aliphatic rings. The largest absolute Gasteiger partial charge is 0.398 e. The molecule has 0 bridgehead atoms. The average Bonchev–Trinajstić information content (AvgIpc) is 2.38. The second kappa shape index (κ2) is 5.83. The molecule has 2 rings (SSSR count). The molecule has 3 N–H and O–H groups in total. The van der Waals surface area contributed by atoms with Crippen LogP contribution in [0.4, 0.5) is 5.69 Å². The lowest BCUT2D eigenvalue weighted by Crippen LogP contribution is -2.54. The lowest BCUT2D eigenvalue weighted by Gasteiger charge is -2.38. The number of carbonyl (C=O) groups excluding carboxylic acids is 1. The van der Waals surface area contributed by atoms with E-state index in [1.165, 1.54) is 6.42 Å². The summed E-state index contributed by atoms with van der Waals surface area (Å²) in [4.78, 5) is 12.5. The van der Waals surface area contributed by atoms with E-state index >= 15 is 0 Å². The smallest absolute Gasteiger partial charge is 0.265 e. The number of anilines is 1. The number of amides is 1. The number of carbonyl (C=O) groups is 1. The van der Waals surface area contributed by atoms with Crippen LogP contribution in [0.5, 0.6) is 0 Å². The Morgan fingerprint density at radius 1 is 1.20 bits per heavy atom. The molecule has 1 aromatic rings. The van der Waals surface area contributed by atoms with E-state index in [1.807, 2.05) is 19.9 Å². The fourth-order valence-electron chi connectivity index (χ4n) is 2.93. The standard InChI is InChI=1S/C16H25N3O/c1-10-8-11(2)15(17)9-14(10)16(20)18-19-12(3)6-5-7-13(19)4/h8-9,12-13H,5-7,17H2,1-4H3,(H,18,20). The van der Waals surface area contributed by atoms with Crippen molar-refractivity contribution in [3.05, 3.63) is 28.8 Å². The van der Waals surface area contributed by atoms with E-state index in [0.29, 0.717) is 23.3 Å².